The standard InChI is InChI=1S/C29H56N4O3S/c1-33(2)21-18-24(15-14-23-12-8-7-9-13-23)30-26-17-16-25(22-27(26)31-36-4)37-32-28(34)29(35-3)19-10-5-6-11-20-29/h23-27,30-31H,5-22H2,1-4H3,(H,32,34). The molecule has 0 spiro atoms. The van der Waals surface area contributed by atoms with Crippen molar-refractivity contribution in [1.82, 2.24) is 20.4 Å². The number of nitrogens with one attached hydrogen (secondary N) is 3. The van der Waals surface area contributed by atoms with E-state index in [0.717, 1.165) is 57.4 Å². The molecule has 3 rings (SSSR count). The summed E-state index contributed by atoms with van der Waals surface area (Å²) in [6.45, 7) is 1.11. The Morgan fingerprint density at radius 2 is 1.65 bits per heavy atom. The van der Waals surface area contributed by atoms with Gasteiger partial charge in [0.15, 0.2) is 0 Å². The zero-order chi connectivity index (χ0) is 26.5. The Labute approximate surface area is 231 Å². The van der Waals surface area contributed by atoms with Crippen LogP contribution in [0.4, 0.5) is 0 Å². The van der Waals surface area contributed by atoms with E-state index in [9.17, 15) is 4.79 Å². The summed E-state index contributed by atoms with van der Waals surface area (Å²) in [5.41, 5.74) is 2.65. The van der Waals surface area contributed by atoms with Crippen LogP contribution < -0.4 is 15.5 Å². The summed E-state index contributed by atoms with van der Waals surface area (Å²) in [6.07, 6.45) is 20.3. The molecule has 0 bridgehead atoms. The second-order valence-electron chi connectivity index (χ2n) is 12.2. The first kappa shape index (κ1) is 31.2. The molecule has 0 radical (unpaired) electrons. The van der Waals surface area contributed by atoms with Crippen molar-refractivity contribution in [1.29, 1.82) is 0 Å². The van der Waals surface area contributed by atoms with E-state index in [2.05, 4.69) is 34.5 Å². The number of nitrogens with zero attached hydrogens (tertiary/aromatic N) is 1. The number of rotatable bonds is 14. The highest BCUT2D eigenvalue weighted by atomic mass is 32.2. The Morgan fingerprint density at radius 1 is 0.946 bits per heavy atom. The quantitative estimate of drug-likeness (QED) is 0.159. The maximum absolute atomic E-state index is 13.2. The predicted octanol–water partition coefficient (Wildman–Crippen LogP) is 5.20. The van der Waals surface area contributed by atoms with Crippen molar-refractivity contribution >= 4 is 17.9 Å². The molecule has 3 aliphatic carbocycles. The van der Waals surface area contributed by atoms with Gasteiger partial charge in [-0.05, 0) is 89.9 Å². The fourth-order valence-electron chi connectivity index (χ4n) is 6.71. The zero-order valence-corrected chi connectivity index (χ0v) is 25.0. The lowest BCUT2D eigenvalue weighted by Gasteiger charge is -2.39. The summed E-state index contributed by atoms with van der Waals surface area (Å²) < 4.78 is 9.02. The van der Waals surface area contributed by atoms with E-state index in [1.54, 1.807) is 26.2 Å². The van der Waals surface area contributed by atoms with E-state index >= 15 is 0 Å². The van der Waals surface area contributed by atoms with E-state index in [4.69, 9.17) is 9.57 Å². The third kappa shape index (κ3) is 10.3. The molecule has 0 aromatic carbocycles. The molecule has 4 unspecified atom stereocenters. The van der Waals surface area contributed by atoms with Crippen molar-refractivity contribution < 1.29 is 14.4 Å². The van der Waals surface area contributed by atoms with Crippen molar-refractivity contribution in [2.24, 2.45) is 5.92 Å². The number of carbonyl (C=O) groups is 1. The Kier molecular flexibility index (Phi) is 14.0. The molecule has 4 atom stereocenters. The number of carbonyl (C=O) groups excluding carboxylic acids is 1. The van der Waals surface area contributed by atoms with Crippen LogP contribution in [0, 0.1) is 5.92 Å². The minimum atomic E-state index is -0.648. The van der Waals surface area contributed by atoms with Crippen LogP contribution >= 0.6 is 11.9 Å². The topological polar surface area (TPSA) is 74.9 Å². The van der Waals surface area contributed by atoms with Gasteiger partial charge in [-0.15, -0.1) is 0 Å². The van der Waals surface area contributed by atoms with Gasteiger partial charge >= 0.3 is 0 Å². The normalized spacial score (nSPS) is 28.1. The smallest absolute Gasteiger partial charge is 0.262 e. The van der Waals surface area contributed by atoms with Crippen molar-refractivity contribution in [3.63, 3.8) is 0 Å². The van der Waals surface area contributed by atoms with Gasteiger partial charge in [-0.3, -0.25) is 9.52 Å². The molecule has 37 heavy (non-hydrogen) atoms. The van der Waals surface area contributed by atoms with Gasteiger partial charge in [-0.1, -0.05) is 57.8 Å². The van der Waals surface area contributed by atoms with Crippen molar-refractivity contribution in [3.05, 3.63) is 0 Å². The maximum atomic E-state index is 13.2. The second-order valence-corrected chi connectivity index (χ2v) is 13.3. The molecule has 3 saturated carbocycles. The average Bonchev–Trinajstić information content (AvgIpc) is 3.17. The molecule has 3 N–H and O–H groups in total. The third-order valence-electron chi connectivity index (χ3n) is 9.13. The number of hydrogen-bond acceptors (Lipinski definition) is 7. The van der Waals surface area contributed by atoms with Gasteiger partial charge in [0, 0.05) is 30.5 Å². The van der Waals surface area contributed by atoms with Crippen molar-refractivity contribution in [2.75, 3.05) is 34.9 Å². The highest BCUT2D eigenvalue weighted by Gasteiger charge is 2.40. The molecule has 0 saturated heterocycles. The van der Waals surface area contributed by atoms with E-state index < -0.39 is 5.60 Å². The van der Waals surface area contributed by atoms with Gasteiger partial charge in [0.1, 0.15) is 5.60 Å². The van der Waals surface area contributed by atoms with Gasteiger partial charge in [0.25, 0.3) is 5.91 Å². The molecule has 216 valence electrons. The summed E-state index contributed by atoms with van der Waals surface area (Å²) in [5.74, 6) is 0.981. The molecule has 8 heteroatoms. The average molecular weight is 541 g/mol. The lowest BCUT2D eigenvalue weighted by atomic mass is 9.84. The zero-order valence-electron chi connectivity index (χ0n) is 24.2. The van der Waals surface area contributed by atoms with Crippen LogP contribution in [0.5, 0.6) is 0 Å². The number of hydrogen-bond donors (Lipinski definition) is 3. The minimum Gasteiger partial charge on any atom is -0.368 e. The summed E-state index contributed by atoms with van der Waals surface area (Å²) in [6, 6.07) is 1.16. The van der Waals surface area contributed by atoms with Crippen LogP contribution in [0.3, 0.4) is 0 Å². The van der Waals surface area contributed by atoms with Gasteiger partial charge in [0.05, 0.1) is 7.11 Å². The SMILES string of the molecule is CONC1CC(SNC(=O)C2(OC)CCCCCC2)CCC1NC(CCC1CCCCC1)CCN(C)C. The minimum absolute atomic E-state index is 0.0601. The number of ether oxygens (including phenoxy) is 1. The molecule has 0 heterocycles. The first-order valence-electron chi connectivity index (χ1n) is 15.2. The Balaban J connectivity index is 1.52. The van der Waals surface area contributed by atoms with E-state index in [-0.39, 0.29) is 11.9 Å². The van der Waals surface area contributed by atoms with Crippen molar-refractivity contribution in [2.45, 2.75) is 138 Å². The van der Waals surface area contributed by atoms with Crippen LogP contribution in [-0.4, -0.2) is 74.6 Å². The third-order valence-corrected chi connectivity index (χ3v) is 10.2. The number of methoxy groups -OCH3 is 1. The van der Waals surface area contributed by atoms with Crippen LogP contribution in [-0.2, 0) is 14.4 Å². The lowest BCUT2D eigenvalue weighted by Crippen LogP contribution is -2.55. The van der Waals surface area contributed by atoms with Crippen LogP contribution in [0.2, 0.25) is 0 Å². The summed E-state index contributed by atoms with van der Waals surface area (Å²) in [5, 5.41) is 4.43. The largest absolute Gasteiger partial charge is 0.368 e. The molecule has 0 aromatic rings. The first-order chi connectivity index (χ1) is 18.0. The molecule has 7 nitrogen and oxygen atoms in total. The molecular weight excluding hydrogens is 484 g/mol. The summed E-state index contributed by atoms with van der Waals surface area (Å²) in [7, 11) is 7.77. The predicted molar refractivity (Wildman–Crippen MR) is 154 cm³/mol. The van der Waals surface area contributed by atoms with E-state index in [0.29, 0.717) is 17.3 Å². The van der Waals surface area contributed by atoms with Crippen LogP contribution in [0.25, 0.3) is 0 Å². The van der Waals surface area contributed by atoms with E-state index in [1.807, 2.05) is 0 Å². The van der Waals surface area contributed by atoms with Crippen molar-refractivity contribution in [3.8, 4) is 0 Å². The molecule has 3 fully saturated rings. The fraction of sp³-hybridized carbons (Fsp3) is 0.966. The highest BCUT2D eigenvalue weighted by Crippen LogP contribution is 2.33. The molecule has 3 aliphatic rings. The molecular formula is C29H56N4O3S. The van der Waals surface area contributed by atoms with Crippen LogP contribution in [0.15, 0.2) is 0 Å². The van der Waals surface area contributed by atoms with Gasteiger partial charge in [-0.25, -0.2) is 0 Å². The second kappa shape index (κ2) is 16.7. The van der Waals surface area contributed by atoms with Gasteiger partial charge in [-0.2, -0.15) is 5.48 Å². The Morgan fingerprint density at radius 3 is 2.30 bits per heavy atom. The summed E-state index contributed by atoms with van der Waals surface area (Å²) >= 11 is 1.60. The van der Waals surface area contributed by atoms with Gasteiger partial charge in [0.2, 0.25) is 0 Å². The number of amides is 1. The number of hydroxylamine groups is 1. The molecule has 0 aromatic heterocycles. The molecule has 0 aliphatic heterocycles. The first-order valence-corrected chi connectivity index (χ1v) is 16.0. The Bertz CT molecular complexity index is 639. The fourth-order valence-corrected chi connectivity index (χ4v) is 7.73. The highest BCUT2D eigenvalue weighted by molar-refractivity contribution is 7.98. The Hall–Kier alpha value is -0.380. The van der Waals surface area contributed by atoms with Crippen LogP contribution in [0.1, 0.15) is 109 Å². The maximum Gasteiger partial charge on any atom is 0.262 e. The van der Waals surface area contributed by atoms with E-state index in [1.165, 1.54) is 64.2 Å². The van der Waals surface area contributed by atoms with Gasteiger partial charge < -0.3 is 19.8 Å². The monoisotopic (exact) mass is 540 g/mol. The summed E-state index contributed by atoms with van der Waals surface area (Å²) in [4.78, 5) is 20.9. The molecule has 1 amide bonds. The lowest BCUT2D eigenvalue weighted by molar-refractivity contribution is -0.143.